The van der Waals surface area contributed by atoms with Crippen molar-refractivity contribution >= 4 is 16.7 Å². The van der Waals surface area contributed by atoms with E-state index >= 15 is 0 Å². The number of methoxy groups -OCH3 is 1. The molecule has 0 aliphatic heterocycles. The van der Waals surface area contributed by atoms with Gasteiger partial charge in [0.1, 0.15) is 6.10 Å². The molecule has 1 unspecified atom stereocenters. The first-order chi connectivity index (χ1) is 9.15. The molecule has 1 heterocycles. The number of carbonyl (C=O) groups is 1. The molecule has 0 fully saturated rings. The molecule has 0 N–H and O–H groups in total. The van der Waals surface area contributed by atoms with Gasteiger partial charge >= 0.3 is 0 Å². The van der Waals surface area contributed by atoms with Crippen LogP contribution in [0.4, 0.5) is 0 Å². The number of carbonyl (C=O) groups excluding carboxylic acids is 1. The van der Waals surface area contributed by atoms with Crippen LogP contribution in [-0.4, -0.2) is 24.0 Å². The fourth-order valence-electron chi connectivity index (χ4n) is 2.18. The van der Waals surface area contributed by atoms with Crippen LogP contribution >= 0.6 is 0 Å². The number of nitrogens with zero attached hydrogens (tertiary/aromatic N) is 1. The van der Waals surface area contributed by atoms with Gasteiger partial charge in [-0.15, -0.1) is 0 Å². The highest BCUT2D eigenvalue weighted by Gasteiger charge is 2.18. The van der Waals surface area contributed by atoms with E-state index < -0.39 is 0 Å². The predicted octanol–water partition coefficient (Wildman–Crippen LogP) is 3.54. The number of benzene rings is 1. The van der Waals surface area contributed by atoms with Crippen LogP contribution in [0.25, 0.3) is 10.9 Å². The smallest absolute Gasteiger partial charge is 0.191 e. The molecule has 3 heteroatoms. The maximum atomic E-state index is 12.3. The Kier molecular flexibility index (Phi) is 4.27. The summed E-state index contributed by atoms with van der Waals surface area (Å²) in [6.45, 7) is 4.01. The third-order valence-electron chi connectivity index (χ3n) is 3.24. The van der Waals surface area contributed by atoms with Gasteiger partial charge in [-0.1, -0.05) is 19.4 Å². The molecule has 100 valence electrons. The van der Waals surface area contributed by atoms with Crippen LogP contribution in [0, 0.1) is 6.92 Å². The molecule has 1 atom stereocenters. The fraction of sp³-hybridized carbons (Fsp3) is 0.375. The first-order valence-electron chi connectivity index (χ1n) is 6.60. The van der Waals surface area contributed by atoms with Crippen LogP contribution in [0.2, 0.25) is 0 Å². The SMILES string of the molecule is CCCC(OC)C(=O)c1ccc2nc(C)ccc2c1. The van der Waals surface area contributed by atoms with Gasteiger partial charge in [0.25, 0.3) is 0 Å². The van der Waals surface area contributed by atoms with E-state index in [0.29, 0.717) is 5.56 Å². The summed E-state index contributed by atoms with van der Waals surface area (Å²) in [5, 5.41) is 0.989. The number of aromatic nitrogens is 1. The van der Waals surface area contributed by atoms with E-state index in [2.05, 4.69) is 4.98 Å². The third-order valence-corrected chi connectivity index (χ3v) is 3.24. The lowest BCUT2D eigenvalue weighted by Crippen LogP contribution is -2.22. The molecule has 1 aromatic heterocycles. The minimum Gasteiger partial charge on any atom is -0.373 e. The molecule has 19 heavy (non-hydrogen) atoms. The Morgan fingerprint density at radius 2 is 2.11 bits per heavy atom. The molecule has 0 bridgehead atoms. The molecule has 0 saturated carbocycles. The monoisotopic (exact) mass is 257 g/mol. The van der Waals surface area contributed by atoms with Gasteiger partial charge in [0.2, 0.25) is 0 Å². The highest BCUT2D eigenvalue weighted by molar-refractivity contribution is 6.02. The van der Waals surface area contributed by atoms with Crippen molar-refractivity contribution in [3.8, 4) is 0 Å². The van der Waals surface area contributed by atoms with Crippen molar-refractivity contribution in [2.45, 2.75) is 32.8 Å². The molecule has 0 radical (unpaired) electrons. The van der Waals surface area contributed by atoms with Crippen molar-refractivity contribution in [2.75, 3.05) is 7.11 Å². The highest BCUT2D eigenvalue weighted by Crippen LogP contribution is 2.17. The van der Waals surface area contributed by atoms with Crippen molar-refractivity contribution in [1.29, 1.82) is 0 Å². The summed E-state index contributed by atoms with van der Waals surface area (Å²) in [7, 11) is 1.59. The molecular weight excluding hydrogens is 238 g/mol. The van der Waals surface area contributed by atoms with Gasteiger partial charge in [0.05, 0.1) is 5.52 Å². The quantitative estimate of drug-likeness (QED) is 0.769. The minimum atomic E-state index is -0.346. The van der Waals surface area contributed by atoms with E-state index in [1.54, 1.807) is 7.11 Å². The molecule has 0 amide bonds. The summed E-state index contributed by atoms with van der Waals surface area (Å²) in [6, 6.07) is 9.57. The summed E-state index contributed by atoms with van der Waals surface area (Å²) < 4.78 is 5.27. The summed E-state index contributed by atoms with van der Waals surface area (Å²) in [6.07, 6.45) is 1.33. The number of Topliss-reactive ketones (excluding diaryl/α,β-unsaturated/α-hetero) is 1. The second-order valence-corrected chi connectivity index (χ2v) is 4.74. The summed E-state index contributed by atoms with van der Waals surface area (Å²) in [5.41, 5.74) is 2.59. The zero-order valence-corrected chi connectivity index (χ0v) is 11.6. The Morgan fingerprint density at radius 3 is 2.79 bits per heavy atom. The standard InChI is InChI=1S/C16H19NO2/c1-4-5-15(19-3)16(18)13-8-9-14-12(10-13)7-6-11(2)17-14/h6-10,15H,4-5H2,1-3H3. The van der Waals surface area contributed by atoms with Crippen LogP contribution in [0.1, 0.15) is 35.8 Å². The lowest BCUT2D eigenvalue weighted by molar-refractivity contribution is 0.0579. The Morgan fingerprint density at radius 1 is 1.32 bits per heavy atom. The maximum Gasteiger partial charge on any atom is 0.191 e. The maximum absolute atomic E-state index is 12.3. The number of rotatable bonds is 5. The van der Waals surface area contributed by atoms with Crippen molar-refractivity contribution in [1.82, 2.24) is 4.98 Å². The second kappa shape index (κ2) is 5.93. The van der Waals surface area contributed by atoms with E-state index in [4.69, 9.17) is 4.74 Å². The Hall–Kier alpha value is -1.74. The van der Waals surface area contributed by atoms with Crippen LogP contribution in [0.3, 0.4) is 0 Å². The molecule has 0 saturated heterocycles. The molecule has 0 spiro atoms. The zero-order chi connectivity index (χ0) is 13.8. The predicted molar refractivity (Wildman–Crippen MR) is 76.5 cm³/mol. The molecule has 0 aliphatic carbocycles. The normalized spacial score (nSPS) is 12.6. The van der Waals surface area contributed by atoms with Gasteiger partial charge < -0.3 is 4.74 Å². The lowest BCUT2D eigenvalue weighted by atomic mass is 10.0. The minimum absolute atomic E-state index is 0.0480. The van der Waals surface area contributed by atoms with E-state index in [9.17, 15) is 4.79 Å². The Balaban J connectivity index is 2.35. The average molecular weight is 257 g/mol. The average Bonchev–Trinajstić information content (AvgIpc) is 2.43. The van der Waals surface area contributed by atoms with Gasteiger partial charge in [0.15, 0.2) is 5.78 Å². The zero-order valence-electron chi connectivity index (χ0n) is 11.6. The van der Waals surface area contributed by atoms with E-state index in [1.807, 2.05) is 44.2 Å². The molecule has 3 nitrogen and oxygen atoms in total. The van der Waals surface area contributed by atoms with Crippen LogP contribution < -0.4 is 0 Å². The largest absolute Gasteiger partial charge is 0.373 e. The number of aryl methyl sites for hydroxylation is 1. The van der Waals surface area contributed by atoms with Crippen LogP contribution in [0.5, 0.6) is 0 Å². The second-order valence-electron chi connectivity index (χ2n) is 4.74. The lowest BCUT2D eigenvalue weighted by Gasteiger charge is -2.13. The molecular formula is C16H19NO2. The van der Waals surface area contributed by atoms with Crippen LogP contribution in [0.15, 0.2) is 30.3 Å². The van der Waals surface area contributed by atoms with Gasteiger partial charge in [-0.3, -0.25) is 9.78 Å². The van der Waals surface area contributed by atoms with E-state index in [1.165, 1.54) is 0 Å². The van der Waals surface area contributed by atoms with E-state index in [0.717, 1.165) is 29.4 Å². The number of ketones is 1. The van der Waals surface area contributed by atoms with Crippen molar-refractivity contribution in [3.05, 3.63) is 41.6 Å². The van der Waals surface area contributed by atoms with Crippen molar-refractivity contribution < 1.29 is 9.53 Å². The first-order valence-corrected chi connectivity index (χ1v) is 6.60. The van der Waals surface area contributed by atoms with Gasteiger partial charge in [0, 0.05) is 23.8 Å². The van der Waals surface area contributed by atoms with Crippen molar-refractivity contribution in [3.63, 3.8) is 0 Å². The number of hydrogen-bond donors (Lipinski definition) is 0. The number of hydrogen-bond acceptors (Lipinski definition) is 3. The number of fused-ring (bicyclic) bond motifs is 1. The number of pyridine rings is 1. The molecule has 2 aromatic rings. The van der Waals surface area contributed by atoms with Gasteiger partial charge in [-0.2, -0.15) is 0 Å². The van der Waals surface area contributed by atoms with Crippen molar-refractivity contribution in [2.24, 2.45) is 0 Å². The number of ether oxygens (including phenoxy) is 1. The summed E-state index contributed by atoms with van der Waals surface area (Å²) in [4.78, 5) is 16.8. The van der Waals surface area contributed by atoms with Gasteiger partial charge in [-0.25, -0.2) is 0 Å². The summed E-state index contributed by atoms with van der Waals surface area (Å²) in [5.74, 6) is 0.0480. The van der Waals surface area contributed by atoms with Gasteiger partial charge in [-0.05, 0) is 37.6 Å². The first kappa shape index (κ1) is 13.7. The van der Waals surface area contributed by atoms with Crippen LogP contribution in [-0.2, 0) is 4.74 Å². The fourth-order valence-corrected chi connectivity index (χ4v) is 2.18. The molecule has 2 rings (SSSR count). The van der Waals surface area contributed by atoms with E-state index in [-0.39, 0.29) is 11.9 Å². The highest BCUT2D eigenvalue weighted by atomic mass is 16.5. The summed E-state index contributed by atoms with van der Waals surface area (Å²) >= 11 is 0. The molecule has 0 aliphatic rings. The third kappa shape index (κ3) is 2.99. The molecule has 1 aromatic carbocycles. The Bertz CT molecular complexity index is 592. The topological polar surface area (TPSA) is 39.2 Å². The Labute approximate surface area is 113 Å².